The molecule has 0 aliphatic rings. The Kier molecular flexibility index (Phi) is 3.73. The maximum absolute atomic E-state index is 5.03. The summed E-state index contributed by atoms with van der Waals surface area (Å²) in [4.78, 5) is 5.41. The normalized spacial score (nSPS) is 12.9. The van der Waals surface area contributed by atoms with E-state index >= 15 is 0 Å². The number of nitrogens with zero attached hydrogens (tertiary/aromatic N) is 2. The van der Waals surface area contributed by atoms with Crippen LogP contribution in [0.3, 0.4) is 0 Å². The lowest BCUT2D eigenvalue weighted by Gasteiger charge is -2.10. The van der Waals surface area contributed by atoms with Crippen molar-refractivity contribution in [2.75, 3.05) is 0 Å². The van der Waals surface area contributed by atoms with Gasteiger partial charge in [0.2, 0.25) is 5.89 Å². The third kappa shape index (κ3) is 2.69. The summed E-state index contributed by atoms with van der Waals surface area (Å²) >= 11 is 5.24. The zero-order chi connectivity index (χ0) is 11.5. The third-order valence-corrected chi connectivity index (χ3v) is 4.22. The number of hydrogen-bond acceptors (Lipinski definition) is 5. The molecule has 0 aromatic carbocycles. The van der Waals surface area contributed by atoms with Gasteiger partial charge < -0.3 is 9.84 Å². The molecule has 0 saturated carbocycles. The minimum atomic E-state index is 0.265. The standard InChI is InChI=1S/C10H12BrN3OS/c1-6(10-8(11)3-4-16-10)12-5-9-13-7(2)14-15-9/h3-4,6,12H,5H2,1-2H3. The molecule has 6 heteroatoms. The van der Waals surface area contributed by atoms with Gasteiger partial charge in [-0.05, 0) is 41.2 Å². The highest BCUT2D eigenvalue weighted by Gasteiger charge is 2.11. The van der Waals surface area contributed by atoms with E-state index in [0.29, 0.717) is 18.3 Å². The Balaban J connectivity index is 1.93. The highest BCUT2D eigenvalue weighted by molar-refractivity contribution is 9.10. The van der Waals surface area contributed by atoms with Crippen LogP contribution in [0.1, 0.15) is 29.6 Å². The molecule has 2 heterocycles. The van der Waals surface area contributed by atoms with Gasteiger partial charge in [0.15, 0.2) is 5.82 Å². The average molecular weight is 302 g/mol. The summed E-state index contributed by atoms with van der Waals surface area (Å²) in [6, 6.07) is 2.32. The van der Waals surface area contributed by atoms with Crippen molar-refractivity contribution in [1.29, 1.82) is 0 Å². The lowest BCUT2D eigenvalue weighted by atomic mass is 10.3. The van der Waals surface area contributed by atoms with E-state index in [1.807, 2.05) is 6.92 Å². The number of rotatable bonds is 4. The first-order valence-corrected chi connectivity index (χ1v) is 6.59. The van der Waals surface area contributed by atoms with Gasteiger partial charge in [-0.1, -0.05) is 5.16 Å². The molecule has 2 aromatic rings. The van der Waals surface area contributed by atoms with Crippen LogP contribution in [0, 0.1) is 6.92 Å². The molecule has 0 bridgehead atoms. The molecule has 2 rings (SSSR count). The van der Waals surface area contributed by atoms with Gasteiger partial charge in [0, 0.05) is 15.4 Å². The molecular weight excluding hydrogens is 290 g/mol. The van der Waals surface area contributed by atoms with Crippen LogP contribution in [0.15, 0.2) is 20.4 Å². The van der Waals surface area contributed by atoms with Crippen LogP contribution in [-0.2, 0) is 6.54 Å². The van der Waals surface area contributed by atoms with Crippen LogP contribution in [0.5, 0.6) is 0 Å². The van der Waals surface area contributed by atoms with E-state index in [1.165, 1.54) is 4.88 Å². The first kappa shape index (κ1) is 11.8. The SMILES string of the molecule is Cc1noc(CNC(C)c2sccc2Br)n1. The van der Waals surface area contributed by atoms with E-state index in [2.05, 4.69) is 49.8 Å². The molecule has 0 saturated heterocycles. The lowest BCUT2D eigenvalue weighted by Crippen LogP contribution is -2.17. The average Bonchev–Trinajstić information content (AvgIpc) is 2.84. The van der Waals surface area contributed by atoms with Crippen molar-refractivity contribution in [3.63, 3.8) is 0 Å². The molecular formula is C10H12BrN3OS. The molecule has 2 aromatic heterocycles. The number of nitrogens with one attached hydrogen (secondary N) is 1. The Labute approximate surface area is 106 Å². The molecule has 4 nitrogen and oxygen atoms in total. The van der Waals surface area contributed by atoms with E-state index in [-0.39, 0.29) is 6.04 Å². The summed E-state index contributed by atoms with van der Waals surface area (Å²) in [5, 5.41) is 9.15. The number of thiophene rings is 1. The first-order valence-electron chi connectivity index (χ1n) is 4.92. The van der Waals surface area contributed by atoms with Gasteiger partial charge in [-0.15, -0.1) is 11.3 Å². The minimum absolute atomic E-state index is 0.265. The first-order chi connectivity index (χ1) is 7.66. The van der Waals surface area contributed by atoms with Crippen molar-refractivity contribution in [3.05, 3.63) is 32.5 Å². The Morgan fingerprint density at radius 2 is 2.44 bits per heavy atom. The van der Waals surface area contributed by atoms with Crippen LogP contribution < -0.4 is 5.32 Å². The van der Waals surface area contributed by atoms with Gasteiger partial charge >= 0.3 is 0 Å². The maximum Gasteiger partial charge on any atom is 0.240 e. The van der Waals surface area contributed by atoms with Crippen molar-refractivity contribution >= 4 is 27.3 Å². The minimum Gasteiger partial charge on any atom is -0.338 e. The highest BCUT2D eigenvalue weighted by atomic mass is 79.9. The second-order valence-electron chi connectivity index (χ2n) is 3.47. The second-order valence-corrected chi connectivity index (χ2v) is 5.27. The number of hydrogen-bond donors (Lipinski definition) is 1. The van der Waals surface area contributed by atoms with E-state index in [1.54, 1.807) is 11.3 Å². The summed E-state index contributed by atoms with van der Waals surface area (Å²) in [5.74, 6) is 1.29. The van der Waals surface area contributed by atoms with Crippen molar-refractivity contribution in [3.8, 4) is 0 Å². The summed E-state index contributed by atoms with van der Waals surface area (Å²) in [6.45, 7) is 4.51. The lowest BCUT2D eigenvalue weighted by molar-refractivity contribution is 0.358. The molecule has 0 aliphatic heterocycles. The smallest absolute Gasteiger partial charge is 0.240 e. The molecule has 0 radical (unpaired) electrons. The molecule has 86 valence electrons. The van der Waals surface area contributed by atoms with Crippen molar-refractivity contribution in [2.24, 2.45) is 0 Å². The van der Waals surface area contributed by atoms with Crippen LogP contribution >= 0.6 is 27.3 Å². The molecule has 16 heavy (non-hydrogen) atoms. The van der Waals surface area contributed by atoms with Gasteiger partial charge in [-0.25, -0.2) is 0 Å². The fourth-order valence-electron chi connectivity index (χ4n) is 1.36. The fraction of sp³-hybridized carbons (Fsp3) is 0.400. The molecule has 0 fully saturated rings. The van der Waals surface area contributed by atoms with Crippen molar-refractivity contribution in [1.82, 2.24) is 15.5 Å². The molecule has 0 amide bonds. The Bertz CT molecular complexity index is 468. The predicted octanol–water partition coefficient (Wildman–Crippen LogP) is 3.05. The van der Waals surface area contributed by atoms with Crippen molar-refractivity contribution < 1.29 is 4.52 Å². The Hall–Kier alpha value is -0.720. The van der Waals surface area contributed by atoms with Crippen LogP contribution in [-0.4, -0.2) is 10.1 Å². The third-order valence-electron chi connectivity index (χ3n) is 2.17. The molecule has 0 spiro atoms. The Morgan fingerprint density at radius 3 is 3.00 bits per heavy atom. The summed E-state index contributed by atoms with van der Waals surface area (Å²) in [7, 11) is 0. The molecule has 1 N–H and O–H groups in total. The van der Waals surface area contributed by atoms with Gasteiger partial charge in [0.05, 0.1) is 6.54 Å². The monoisotopic (exact) mass is 301 g/mol. The van der Waals surface area contributed by atoms with Crippen LogP contribution in [0.2, 0.25) is 0 Å². The molecule has 1 unspecified atom stereocenters. The Morgan fingerprint density at radius 1 is 1.62 bits per heavy atom. The second kappa shape index (κ2) is 5.07. The van der Waals surface area contributed by atoms with E-state index in [9.17, 15) is 0 Å². The van der Waals surface area contributed by atoms with Gasteiger partial charge in [0.1, 0.15) is 0 Å². The van der Waals surface area contributed by atoms with E-state index in [4.69, 9.17) is 4.52 Å². The van der Waals surface area contributed by atoms with E-state index in [0.717, 1.165) is 4.47 Å². The summed E-state index contributed by atoms with van der Waals surface area (Å²) < 4.78 is 6.17. The zero-order valence-electron chi connectivity index (χ0n) is 9.03. The molecule has 0 aliphatic carbocycles. The van der Waals surface area contributed by atoms with Gasteiger partial charge in [0.25, 0.3) is 0 Å². The van der Waals surface area contributed by atoms with Gasteiger partial charge in [-0.3, -0.25) is 0 Å². The van der Waals surface area contributed by atoms with Crippen LogP contribution in [0.4, 0.5) is 0 Å². The number of aromatic nitrogens is 2. The van der Waals surface area contributed by atoms with Crippen LogP contribution in [0.25, 0.3) is 0 Å². The predicted molar refractivity (Wildman–Crippen MR) is 66.3 cm³/mol. The largest absolute Gasteiger partial charge is 0.338 e. The summed E-state index contributed by atoms with van der Waals surface area (Å²) in [6.07, 6.45) is 0. The summed E-state index contributed by atoms with van der Waals surface area (Å²) in [5.41, 5.74) is 0. The highest BCUT2D eigenvalue weighted by Crippen LogP contribution is 2.28. The topological polar surface area (TPSA) is 51.0 Å². The molecule has 1 atom stereocenters. The number of aryl methyl sites for hydroxylation is 1. The zero-order valence-corrected chi connectivity index (χ0v) is 11.4. The van der Waals surface area contributed by atoms with E-state index < -0.39 is 0 Å². The maximum atomic E-state index is 5.03. The van der Waals surface area contributed by atoms with Gasteiger partial charge in [-0.2, -0.15) is 4.98 Å². The van der Waals surface area contributed by atoms with Crippen molar-refractivity contribution in [2.45, 2.75) is 26.4 Å². The number of halogens is 1. The fourth-order valence-corrected chi connectivity index (χ4v) is 3.11. The quantitative estimate of drug-likeness (QED) is 0.943.